The maximum absolute atomic E-state index is 13.9. The monoisotopic (exact) mass is 359 g/mol. The SMILES string of the molecule is Cl.Fc1cccc(C(Oc2ccc(F)cc2F)[C@@H]2CNCCO2)c1. The first-order valence-corrected chi connectivity index (χ1v) is 7.33. The number of hydrogen-bond donors (Lipinski definition) is 1. The molecule has 0 spiro atoms. The molecule has 0 amide bonds. The lowest BCUT2D eigenvalue weighted by Gasteiger charge is -2.31. The van der Waals surface area contributed by atoms with E-state index >= 15 is 0 Å². The zero-order chi connectivity index (χ0) is 16.2. The Morgan fingerprint density at radius 1 is 1.08 bits per heavy atom. The van der Waals surface area contributed by atoms with Crippen LogP contribution in [0.1, 0.15) is 11.7 Å². The minimum Gasteiger partial charge on any atom is -0.480 e. The fraction of sp³-hybridized carbons (Fsp3) is 0.294. The van der Waals surface area contributed by atoms with E-state index in [9.17, 15) is 13.2 Å². The van der Waals surface area contributed by atoms with Gasteiger partial charge in [0.05, 0.1) is 6.61 Å². The summed E-state index contributed by atoms with van der Waals surface area (Å²) in [6, 6.07) is 8.96. The molecule has 1 unspecified atom stereocenters. The van der Waals surface area contributed by atoms with Gasteiger partial charge in [-0.1, -0.05) is 12.1 Å². The molecule has 1 aliphatic heterocycles. The summed E-state index contributed by atoms with van der Waals surface area (Å²) >= 11 is 0. The molecule has 3 rings (SSSR count). The van der Waals surface area contributed by atoms with Crippen LogP contribution in [0.5, 0.6) is 5.75 Å². The van der Waals surface area contributed by atoms with Crippen LogP contribution in [-0.2, 0) is 4.74 Å². The van der Waals surface area contributed by atoms with Crippen molar-refractivity contribution in [2.75, 3.05) is 19.7 Å². The van der Waals surface area contributed by atoms with E-state index < -0.39 is 29.7 Å². The van der Waals surface area contributed by atoms with Gasteiger partial charge in [-0.15, -0.1) is 12.4 Å². The Morgan fingerprint density at radius 3 is 2.54 bits per heavy atom. The predicted octanol–water partition coefficient (Wildman–Crippen LogP) is 3.63. The van der Waals surface area contributed by atoms with Crippen molar-refractivity contribution in [3.63, 3.8) is 0 Å². The molecule has 1 aliphatic rings. The average molecular weight is 360 g/mol. The van der Waals surface area contributed by atoms with Gasteiger partial charge in [0.1, 0.15) is 17.7 Å². The molecule has 7 heteroatoms. The summed E-state index contributed by atoms with van der Waals surface area (Å²) in [4.78, 5) is 0. The van der Waals surface area contributed by atoms with E-state index in [0.717, 1.165) is 12.1 Å². The molecular formula is C17H17ClF3NO2. The van der Waals surface area contributed by atoms with E-state index in [1.807, 2.05) is 0 Å². The fourth-order valence-electron chi connectivity index (χ4n) is 2.53. The molecule has 1 heterocycles. The van der Waals surface area contributed by atoms with Gasteiger partial charge in [-0.05, 0) is 29.8 Å². The highest BCUT2D eigenvalue weighted by molar-refractivity contribution is 5.85. The normalized spacial score (nSPS) is 18.5. The fourth-order valence-corrected chi connectivity index (χ4v) is 2.53. The van der Waals surface area contributed by atoms with Gasteiger partial charge in [-0.2, -0.15) is 0 Å². The Morgan fingerprint density at radius 2 is 1.88 bits per heavy atom. The summed E-state index contributed by atoms with van der Waals surface area (Å²) in [6.45, 7) is 1.67. The first-order chi connectivity index (χ1) is 11.1. The van der Waals surface area contributed by atoms with E-state index in [1.54, 1.807) is 12.1 Å². The zero-order valence-electron chi connectivity index (χ0n) is 12.7. The van der Waals surface area contributed by atoms with Gasteiger partial charge in [0.15, 0.2) is 17.7 Å². The van der Waals surface area contributed by atoms with Crippen LogP contribution >= 0.6 is 12.4 Å². The molecule has 0 aliphatic carbocycles. The van der Waals surface area contributed by atoms with Crippen molar-refractivity contribution in [1.82, 2.24) is 5.32 Å². The summed E-state index contributed by atoms with van der Waals surface area (Å²) in [5, 5.41) is 3.16. The number of rotatable bonds is 4. The van der Waals surface area contributed by atoms with Crippen LogP contribution in [0, 0.1) is 17.5 Å². The topological polar surface area (TPSA) is 30.5 Å². The van der Waals surface area contributed by atoms with Gasteiger partial charge in [0.2, 0.25) is 0 Å². The summed E-state index contributed by atoms with van der Waals surface area (Å²) in [5.74, 6) is -2.02. The van der Waals surface area contributed by atoms with Gasteiger partial charge in [-0.3, -0.25) is 0 Å². The molecule has 3 nitrogen and oxygen atoms in total. The summed E-state index contributed by atoms with van der Waals surface area (Å²) in [5.41, 5.74) is 0.530. The van der Waals surface area contributed by atoms with Gasteiger partial charge < -0.3 is 14.8 Å². The highest BCUT2D eigenvalue weighted by atomic mass is 35.5. The van der Waals surface area contributed by atoms with Gasteiger partial charge in [0.25, 0.3) is 0 Å². The smallest absolute Gasteiger partial charge is 0.168 e. The van der Waals surface area contributed by atoms with Crippen molar-refractivity contribution in [3.05, 3.63) is 65.5 Å². The number of halogens is 4. The van der Waals surface area contributed by atoms with Crippen molar-refractivity contribution in [1.29, 1.82) is 0 Å². The first kappa shape index (κ1) is 18.6. The van der Waals surface area contributed by atoms with Crippen LogP contribution in [0.2, 0.25) is 0 Å². The molecule has 2 atom stereocenters. The van der Waals surface area contributed by atoms with Gasteiger partial charge in [-0.25, -0.2) is 13.2 Å². The number of morpholine rings is 1. The molecule has 1 fully saturated rings. The van der Waals surface area contributed by atoms with Crippen LogP contribution in [0.25, 0.3) is 0 Å². The Kier molecular flexibility index (Phi) is 6.48. The molecule has 2 aromatic carbocycles. The third-order valence-electron chi connectivity index (χ3n) is 3.62. The first-order valence-electron chi connectivity index (χ1n) is 7.33. The third kappa shape index (κ3) is 4.41. The molecule has 0 saturated carbocycles. The van der Waals surface area contributed by atoms with Crippen molar-refractivity contribution < 1.29 is 22.6 Å². The molecular weight excluding hydrogens is 343 g/mol. The summed E-state index contributed by atoms with van der Waals surface area (Å²) < 4.78 is 51.8. The van der Waals surface area contributed by atoms with Gasteiger partial charge in [0, 0.05) is 19.2 Å². The quantitative estimate of drug-likeness (QED) is 0.904. The minimum atomic E-state index is -0.810. The van der Waals surface area contributed by atoms with E-state index in [0.29, 0.717) is 25.3 Å². The van der Waals surface area contributed by atoms with E-state index in [1.165, 1.54) is 18.2 Å². The number of benzene rings is 2. The molecule has 0 aromatic heterocycles. The second-order valence-electron chi connectivity index (χ2n) is 5.28. The molecule has 1 saturated heterocycles. The second-order valence-corrected chi connectivity index (χ2v) is 5.28. The number of hydrogen-bond acceptors (Lipinski definition) is 3. The molecule has 0 bridgehead atoms. The van der Waals surface area contributed by atoms with E-state index in [4.69, 9.17) is 9.47 Å². The van der Waals surface area contributed by atoms with Crippen LogP contribution in [-0.4, -0.2) is 25.8 Å². The molecule has 24 heavy (non-hydrogen) atoms. The third-order valence-corrected chi connectivity index (χ3v) is 3.62. The molecule has 130 valence electrons. The van der Waals surface area contributed by atoms with Gasteiger partial charge >= 0.3 is 0 Å². The van der Waals surface area contributed by atoms with Crippen LogP contribution in [0.15, 0.2) is 42.5 Å². The summed E-state index contributed by atoms with van der Waals surface area (Å²) in [6.07, 6.45) is -1.12. The standard InChI is InChI=1S/C17H16F3NO2.ClH/c18-12-3-1-2-11(8-12)17(16-10-21-6-7-22-16)23-15-5-4-13(19)9-14(15)20;/h1-5,8-9,16-17,21H,6-7,10H2;1H/t16-,17?;/m0./s1. The maximum atomic E-state index is 13.9. The van der Waals surface area contributed by atoms with E-state index in [-0.39, 0.29) is 18.2 Å². The number of nitrogens with one attached hydrogen (secondary N) is 1. The van der Waals surface area contributed by atoms with Crippen molar-refractivity contribution in [2.24, 2.45) is 0 Å². The zero-order valence-corrected chi connectivity index (χ0v) is 13.5. The highest BCUT2D eigenvalue weighted by Crippen LogP contribution is 2.29. The van der Waals surface area contributed by atoms with Crippen molar-refractivity contribution in [2.45, 2.75) is 12.2 Å². The Balaban J connectivity index is 0.00000208. The highest BCUT2D eigenvalue weighted by Gasteiger charge is 2.29. The Bertz CT molecular complexity index is 681. The second kappa shape index (κ2) is 8.37. The Labute approximate surface area is 144 Å². The van der Waals surface area contributed by atoms with Crippen molar-refractivity contribution >= 4 is 12.4 Å². The minimum absolute atomic E-state index is 0. The lowest BCUT2D eigenvalue weighted by Crippen LogP contribution is -2.43. The van der Waals surface area contributed by atoms with Crippen LogP contribution in [0.3, 0.4) is 0 Å². The average Bonchev–Trinajstić information content (AvgIpc) is 2.55. The van der Waals surface area contributed by atoms with Crippen LogP contribution in [0.4, 0.5) is 13.2 Å². The largest absolute Gasteiger partial charge is 0.480 e. The van der Waals surface area contributed by atoms with Crippen molar-refractivity contribution in [3.8, 4) is 5.75 Å². The maximum Gasteiger partial charge on any atom is 0.168 e. The lowest BCUT2D eigenvalue weighted by atomic mass is 10.0. The molecule has 1 N–H and O–H groups in total. The predicted molar refractivity (Wildman–Crippen MR) is 86.0 cm³/mol. The molecule has 0 radical (unpaired) electrons. The van der Waals surface area contributed by atoms with Crippen LogP contribution < -0.4 is 10.1 Å². The number of ether oxygens (including phenoxy) is 2. The Hall–Kier alpha value is -1.76. The molecule has 2 aromatic rings. The lowest BCUT2D eigenvalue weighted by molar-refractivity contribution is -0.0443. The summed E-state index contributed by atoms with van der Waals surface area (Å²) in [7, 11) is 0. The van der Waals surface area contributed by atoms with E-state index in [2.05, 4.69) is 5.32 Å².